The molecule has 0 aliphatic heterocycles. The number of ketones is 1. The molecule has 1 aromatic rings. The molecule has 58 heavy (non-hydrogen) atoms. The van der Waals surface area contributed by atoms with Gasteiger partial charge in [0.05, 0.1) is 19.3 Å². The van der Waals surface area contributed by atoms with E-state index in [1.807, 2.05) is 24.3 Å². The first-order valence-corrected chi connectivity index (χ1v) is 23.4. The van der Waals surface area contributed by atoms with Crippen LogP contribution in [-0.4, -0.2) is 66.3 Å². The van der Waals surface area contributed by atoms with Crippen LogP contribution in [0.5, 0.6) is 0 Å². The average Bonchev–Trinajstić information content (AvgIpc) is 3.69. The zero-order chi connectivity index (χ0) is 42.6. The van der Waals surface area contributed by atoms with E-state index in [0.29, 0.717) is 32.1 Å². The highest BCUT2D eigenvalue weighted by atomic mass is 31.2. The maximum atomic E-state index is 12.7. The molecule has 0 spiro atoms. The molecule has 0 aromatic carbocycles. The van der Waals surface area contributed by atoms with Gasteiger partial charge in [-0.25, -0.2) is 4.57 Å². The van der Waals surface area contributed by atoms with E-state index in [0.717, 1.165) is 82.1 Å². The van der Waals surface area contributed by atoms with Crippen LogP contribution in [0.3, 0.4) is 0 Å². The van der Waals surface area contributed by atoms with Gasteiger partial charge < -0.3 is 29.6 Å². The van der Waals surface area contributed by atoms with Crippen LogP contribution in [0.15, 0.2) is 40.9 Å². The number of carbonyl (C=O) groups excluding carboxylic acids is 3. The van der Waals surface area contributed by atoms with E-state index in [2.05, 4.69) is 27.7 Å². The van der Waals surface area contributed by atoms with Gasteiger partial charge in [-0.05, 0) is 81.9 Å². The Morgan fingerprint density at radius 3 is 2.19 bits per heavy atom. The van der Waals surface area contributed by atoms with Gasteiger partial charge in [0.25, 0.3) is 0 Å². The van der Waals surface area contributed by atoms with Gasteiger partial charge in [-0.3, -0.25) is 23.4 Å². The van der Waals surface area contributed by atoms with E-state index in [4.69, 9.17) is 28.7 Å². The number of aryl methyl sites for hydroxylation is 2. The summed E-state index contributed by atoms with van der Waals surface area (Å²) in [5, 5.41) is 10.2. The van der Waals surface area contributed by atoms with E-state index >= 15 is 0 Å². The van der Waals surface area contributed by atoms with Gasteiger partial charge in [0, 0.05) is 38.1 Å². The predicted molar refractivity (Wildman–Crippen MR) is 227 cm³/mol. The SMILES string of the molecule is CCCCCc1oc(CCCCCCCCC(=O)O[C@H](COC(=O)CCC/C=C\C[C@H]2C=CC(=O)[C@@H]2/C=C/[C@@H](O)CCCCC)COP(=O)(O)OCCN)c(C)c1C. The van der Waals surface area contributed by atoms with Crippen LogP contribution in [0.4, 0.5) is 0 Å². The lowest BCUT2D eigenvalue weighted by atomic mass is 9.90. The van der Waals surface area contributed by atoms with Crippen molar-refractivity contribution in [3.8, 4) is 0 Å². The monoisotopic (exact) mass is 835 g/mol. The molecule has 0 amide bonds. The zero-order valence-corrected chi connectivity index (χ0v) is 36.7. The number of nitrogens with two attached hydrogens (primary N) is 1. The van der Waals surface area contributed by atoms with Crippen LogP contribution in [0, 0.1) is 25.7 Å². The maximum absolute atomic E-state index is 12.7. The molecule has 330 valence electrons. The number of phosphoric ester groups is 1. The first-order valence-electron chi connectivity index (χ1n) is 21.9. The summed E-state index contributed by atoms with van der Waals surface area (Å²) in [4.78, 5) is 47.5. The number of ether oxygens (including phenoxy) is 2. The second-order valence-corrected chi connectivity index (χ2v) is 16.9. The normalized spacial score (nSPS) is 17.7. The standard InChI is InChI=1S/C45H74NO11P/c1-5-7-15-22-38(47)28-29-40-37(27-30-41(40)48)21-17-13-14-19-25-44(49)53-33-39(34-55-58(51,52)54-32-31-46)56-45(50)26-20-12-10-9-11-18-24-43-36(4)35(3)42(57-43)23-16-8-6-2/h13,17,27-30,37-40,47H,5-12,14-16,18-26,31-34,46H2,1-4H3,(H,51,52)/b17-13-,29-28+/t37-,38-,39+,40+/m0/s1. The van der Waals surface area contributed by atoms with E-state index in [1.54, 1.807) is 12.2 Å². The number of carbonyl (C=O) groups is 3. The number of aliphatic hydroxyl groups excluding tert-OH is 1. The summed E-state index contributed by atoms with van der Waals surface area (Å²) in [6, 6.07) is 0. The second-order valence-electron chi connectivity index (χ2n) is 15.5. The lowest BCUT2D eigenvalue weighted by molar-refractivity contribution is -0.161. The molecule has 0 saturated heterocycles. The molecule has 1 aliphatic rings. The number of furan rings is 1. The van der Waals surface area contributed by atoms with E-state index in [-0.39, 0.29) is 50.2 Å². The summed E-state index contributed by atoms with van der Waals surface area (Å²) in [6.45, 7) is 7.61. The summed E-state index contributed by atoms with van der Waals surface area (Å²) >= 11 is 0. The van der Waals surface area contributed by atoms with Crippen LogP contribution < -0.4 is 5.73 Å². The Bertz CT molecular complexity index is 1470. The van der Waals surface area contributed by atoms with Gasteiger partial charge in [-0.2, -0.15) is 0 Å². The van der Waals surface area contributed by atoms with Crippen molar-refractivity contribution in [1.82, 2.24) is 0 Å². The van der Waals surface area contributed by atoms with Crippen molar-refractivity contribution in [2.45, 2.75) is 168 Å². The summed E-state index contributed by atoms with van der Waals surface area (Å²) in [5.74, 6) is 1.00. The first-order chi connectivity index (χ1) is 27.9. The Morgan fingerprint density at radius 1 is 0.862 bits per heavy atom. The summed E-state index contributed by atoms with van der Waals surface area (Å²) in [5.41, 5.74) is 7.92. The van der Waals surface area contributed by atoms with Gasteiger partial charge in [0.1, 0.15) is 18.1 Å². The number of hydrogen-bond acceptors (Lipinski definition) is 11. The Kier molecular flexibility index (Phi) is 26.7. The molecule has 4 N–H and O–H groups in total. The minimum absolute atomic E-state index is 0.0158. The quantitative estimate of drug-likeness (QED) is 0.0259. The van der Waals surface area contributed by atoms with Crippen LogP contribution in [0.1, 0.15) is 152 Å². The van der Waals surface area contributed by atoms with Crippen LogP contribution in [0.2, 0.25) is 0 Å². The predicted octanol–water partition coefficient (Wildman–Crippen LogP) is 9.43. The van der Waals surface area contributed by atoms with Crippen LogP contribution in [-0.2, 0) is 50.3 Å². The number of hydrogen-bond donors (Lipinski definition) is 3. The molecule has 12 nitrogen and oxygen atoms in total. The molecule has 1 unspecified atom stereocenters. The van der Waals surface area contributed by atoms with Crippen LogP contribution >= 0.6 is 7.82 Å². The smallest absolute Gasteiger partial charge is 0.466 e. The number of allylic oxidation sites excluding steroid dienone is 5. The molecule has 13 heteroatoms. The van der Waals surface area contributed by atoms with Crippen molar-refractivity contribution < 1.29 is 51.9 Å². The number of esters is 2. The van der Waals surface area contributed by atoms with Crippen molar-refractivity contribution in [1.29, 1.82) is 0 Å². The van der Waals surface area contributed by atoms with E-state index < -0.39 is 38.6 Å². The molecule has 0 fully saturated rings. The summed E-state index contributed by atoms with van der Waals surface area (Å²) in [6.07, 6.45) is 26.4. The van der Waals surface area contributed by atoms with Gasteiger partial charge >= 0.3 is 19.8 Å². The fourth-order valence-electron chi connectivity index (χ4n) is 6.80. The number of aliphatic hydroxyl groups is 1. The summed E-state index contributed by atoms with van der Waals surface area (Å²) < 4.78 is 39.0. The molecule has 2 rings (SSSR count). The number of unbranched alkanes of at least 4 members (excludes halogenated alkanes) is 10. The third-order valence-electron chi connectivity index (χ3n) is 10.5. The lowest BCUT2D eigenvalue weighted by Gasteiger charge is -2.19. The van der Waals surface area contributed by atoms with Crippen molar-refractivity contribution in [2.75, 3.05) is 26.4 Å². The van der Waals surface area contributed by atoms with E-state index in [1.165, 1.54) is 24.0 Å². The molecular formula is C45H74NO11P. The van der Waals surface area contributed by atoms with Gasteiger partial charge in [-0.15, -0.1) is 0 Å². The van der Waals surface area contributed by atoms with Gasteiger partial charge in [-0.1, -0.05) is 102 Å². The maximum Gasteiger partial charge on any atom is 0.472 e. The van der Waals surface area contributed by atoms with Gasteiger partial charge in [0.2, 0.25) is 0 Å². The molecule has 1 aliphatic carbocycles. The minimum Gasteiger partial charge on any atom is -0.466 e. The average molecular weight is 836 g/mol. The lowest BCUT2D eigenvalue weighted by Crippen LogP contribution is -2.29. The highest BCUT2D eigenvalue weighted by Gasteiger charge is 2.28. The topological polar surface area (TPSA) is 185 Å². The Labute approximate surface area is 348 Å². The Balaban J connectivity index is 1.71. The molecule has 0 bridgehead atoms. The molecule has 5 atom stereocenters. The number of phosphoric acid groups is 1. The van der Waals surface area contributed by atoms with Crippen molar-refractivity contribution in [3.63, 3.8) is 0 Å². The third kappa shape index (κ3) is 21.9. The van der Waals surface area contributed by atoms with Crippen molar-refractivity contribution in [2.24, 2.45) is 17.6 Å². The summed E-state index contributed by atoms with van der Waals surface area (Å²) in [7, 11) is -4.44. The molecule has 0 radical (unpaired) electrons. The van der Waals surface area contributed by atoms with Crippen molar-refractivity contribution in [3.05, 3.63) is 59.1 Å². The Hall–Kier alpha value is -2.86. The first kappa shape index (κ1) is 51.3. The molecule has 1 heterocycles. The largest absolute Gasteiger partial charge is 0.472 e. The van der Waals surface area contributed by atoms with Gasteiger partial charge in [0.15, 0.2) is 11.9 Å². The number of rotatable bonds is 34. The minimum atomic E-state index is -4.44. The van der Waals surface area contributed by atoms with Crippen molar-refractivity contribution >= 4 is 25.5 Å². The van der Waals surface area contributed by atoms with E-state index in [9.17, 15) is 28.9 Å². The Morgan fingerprint density at radius 2 is 1.50 bits per heavy atom. The molecule has 1 aromatic heterocycles. The third-order valence-corrected chi connectivity index (χ3v) is 11.5. The highest BCUT2D eigenvalue weighted by Crippen LogP contribution is 2.43. The zero-order valence-electron chi connectivity index (χ0n) is 35.8. The fourth-order valence-corrected chi connectivity index (χ4v) is 7.57. The molecular weight excluding hydrogens is 761 g/mol. The second kappa shape index (κ2) is 30.2. The fraction of sp³-hybridized carbons (Fsp3) is 0.711. The highest BCUT2D eigenvalue weighted by molar-refractivity contribution is 7.47. The molecule has 0 saturated carbocycles. The van der Waals surface area contributed by atoms with Crippen LogP contribution in [0.25, 0.3) is 0 Å².